The van der Waals surface area contributed by atoms with Crippen LogP contribution in [0.1, 0.15) is 32.6 Å². The molecule has 1 unspecified atom stereocenters. The predicted octanol–water partition coefficient (Wildman–Crippen LogP) is 1.69. The van der Waals surface area contributed by atoms with Crippen LogP contribution in [0.4, 0.5) is 5.82 Å². The topological polar surface area (TPSA) is 67.3 Å². The molecule has 1 saturated heterocycles. The van der Waals surface area contributed by atoms with Gasteiger partial charge in [-0.15, -0.1) is 5.10 Å². The third-order valence-corrected chi connectivity index (χ3v) is 4.36. The maximum Gasteiger partial charge on any atom is 0.251 e. The maximum absolute atomic E-state index is 12.4. The molecule has 1 aromatic rings. The number of aromatic nitrogens is 2. The number of anilines is 1. The van der Waals surface area contributed by atoms with Gasteiger partial charge in [0, 0.05) is 25.3 Å². The van der Waals surface area contributed by atoms with Gasteiger partial charge in [0.15, 0.2) is 0 Å². The van der Waals surface area contributed by atoms with E-state index >= 15 is 0 Å². The zero-order valence-corrected chi connectivity index (χ0v) is 13.1. The predicted molar refractivity (Wildman–Crippen MR) is 83.4 cm³/mol. The van der Waals surface area contributed by atoms with E-state index in [2.05, 4.69) is 15.5 Å². The summed E-state index contributed by atoms with van der Waals surface area (Å²) in [5.41, 5.74) is 0. The highest BCUT2D eigenvalue weighted by atomic mass is 16.5. The van der Waals surface area contributed by atoms with Gasteiger partial charge in [0.05, 0.1) is 6.61 Å². The molecular formula is C16H24N4O2. The minimum absolute atomic E-state index is 0.124. The lowest BCUT2D eigenvalue weighted by Gasteiger charge is -2.34. The van der Waals surface area contributed by atoms with E-state index in [1.807, 2.05) is 24.0 Å². The highest BCUT2D eigenvalue weighted by molar-refractivity contribution is 5.80. The normalized spacial score (nSPS) is 20.7. The molecule has 0 spiro atoms. The van der Waals surface area contributed by atoms with Gasteiger partial charge < -0.3 is 15.0 Å². The van der Waals surface area contributed by atoms with Gasteiger partial charge in [-0.05, 0) is 50.7 Å². The molecule has 2 heterocycles. The number of hydrogen-bond acceptors (Lipinski definition) is 5. The second-order valence-corrected chi connectivity index (χ2v) is 6.27. The largest absolute Gasteiger partial charge is 0.368 e. The van der Waals surface area contributed by atoms with Gasteiger partial charge in [-0.3, -0.25) is 4.79 Å². The average molecular weight is 304 g/mol. The highest BCUT2D eigenvalue weighted by Crippen LogP contribution is 2.29. The zero-order valence-electron chi connectivity index (χ0n) is 13.1. The van der Waals surface area contributed by atoms with Gasteiger partial charge in [0.25, 0.3) is 5.91 Å². The molecular weight excluding hydrogens is 280 g/mol. The van der Waals surface area contributed by atoms with Crippen LogP contribution in [0.15, 0.2) is 18.3 Å². The second kappa shape index (κ2) is 7.05. The zero-order chi connectivity index (χ0) is 15.4. The van der Waals surface area contributed by atoms with Crippen molar-refractivity contribution >= 4 is 11.7 Å². The monoisotopic (exact) mass is 304 g/mol. The fourth-order valence-electron chi connectivity index (χ4n) is 2.73. The summed E-state index contributed by atoms with van der Waals surface area (Å²) in [4.78, 5) is 14.3. The minimum Gasteiger partial charge on any atom is -0.368 e. The number of piperidine rings is 1. The van der Waals surface area contributed by atoms with Crippen LogP contribution < -0.4 is 5.32 Å². The van der Waals surface area contributed by atoms with Crippen molar-refractivity contribution in [2.75, 3.05) is 25.0 Å². The maximum atomic E-state index is 12.4. The van der Waals surface area contributed by atoms with Gasteiger partial charge in [-0.1, -0.05) is 0 Å². The molecule has 1 aromatic heterocycles. The molecule has 22 heavy (non-hydrogen) atoms. The molecule has 2 fully saturated rings. The van der Waals surface area contributed by atoms with Crippen molar-refractivity contribution in [3.63, 3.8) is 0 Å². The van der Waals surface area contributed by atoms with E-state index < -0.39 is 0 Å². The van der Waals surface area contributed by atoms with E-state index in [0.717, 1.165) is 38.4 Å². The summed E-state index contributed by atoms with van der Waals surface area (Å²) < 4.78 is 5.68. The lowest BCUT2D eigenvalue weighted by Crippen LogP contribution is -2.46. The van der Waals surface area contributed by atoms with Gasteiger partial charge in [-0.2, -0.15) is 5.10 Å². The Hall–Kier alpha value is -1.69. The van der Waals surface area contributed by atoms with Gasteiger partial charge in [0.1, 0.15) is 11.9 Å². The van der Waals surface area contributed by atoms with Crippen LogP contribution in [-0.2, 0) is 9.53 Å². The fraction of sp³-hybridized carbons (Fsp3) is 0.688. The van der Waals surface area contributed by atoms with Gasteiger partial charge >= 0.3 is 0 Å². The van der Waals surface area contributed by atoms with E-state index in [-0.39, 0.29) is 12.0 Å². The lowest BCUT2D eigenvalue weighted by molar-refractivity contribution is -0.143. The quantitative estimate of drug-likeness (QED) is 0.866. The first-order valence-electron chi connectivity index (χ1n) is 8.17. The number of rotatable bonds is 6. The number of carbonyl (C=O) groups excluding carboxylic acids is 1. The van der Waals surface area contributed by atoms with Crippen LogP contribution in [0.3, 0.4) is 0 Å². The summed E-state index contributed by atoms with van der Waals surface area (Å²) >= 11 is 0. The molecule has 6 nitrogen and oxygen atoms in total. The van der Waals surface area contributed by atoms with Crippen LogP contribution in [0.25, 0.3) is 0 Å². The number of amides is 1. The molecule has 1 aliphatic heterocycles. The lowest BCUT2D eigenvalue weighted by atomic mass is 10.0. The molecule has 1 N–H and O–H groups in total. The van der Waals surface area contributed by atoms with Crippen LogP contribution in [0.2, 0.25) is 0 Å². The Labute approximate surface area is 131 Å². The summed E-state index contributed by atoms with van der Waals surface area (Å²) in [5.74, 6) is 1.61. The first-order chi connectivity index (χ1) is 10.7. The third-order valence-electron chi connectivity index (χ3n) is 4.36. The Bertz CT molecular complexity index is 484. The number of nitrogens with one attached hydrogen (secondary N) is 1. The highest BCUT2D eigenvalue weighted by Gasteiger charge is 2.28. The number of carbonyl (C=O) groups is 1. The Balaban J connectivity index is 1.41. The van der Waals surface area contributed by atoms with Crippen molar-refractivity contribution in [2.45, 2.75) is 44.8 Å². The van der Waals surface area contributed by atoms with E-state index in [1.54, 1.807) is 6.20 Å². The number of nitrogens with zero attached hydrogens (tertiary/aromatic N) is 3. The molecule has 6 heteroatoms. The Morgan fingerprint density at radius 3 is 2.82 bits per heavy atom. The molecule has 0 bridgehead atoms. The smallest absolute Gasteiger partial charge is 0.251 e. The summed E-state index contributed by atoms with van der Waals surface area (Å²) in [6.07, 6.45) is 5.70. The number of hydrogen-bond donors (Lipinski definition) is 1. The standard InChI is InChI=1S/C16H24N4O2/c1-12(22-11-13-4-5-13)16(21)20-9-6-14(7-10-20)18-15-3-2-8-17-19-15/h2-3,8,12-14H,4-7,9-11H2,1H3,(H,18,19). The molecule has 1 aliphatic carbocycles. The Morgan fingerprint density at radius 2 is 2.18 bits per heavy atom. The van der Waals surface area contributed by atoms with Gasteiger partial charge in [0.2, 0.25) is 0 Å². The molecule has 0 radical (unpaired) electrons. The first kappa shape index (κ1) is 15.2. The van der Waals surface area contributed by atoms with Crippen molar-refractivity contribution in [2.24, 2.45) is 5.92 Å². The summed E-state index contributed by atoms with van der Waals surface area (Å²) in [5, 5.41) is 11.3. The average Bonchev–Trinajstić information content (AvgIpc) is 3.38. The summed E-state index contributed by atoms with van der Waals surface area (Å²) in [6.45, 7) is 4.15. The Morgan fingerprint density at radius 1 is 1.41 bits per heavy atom. The third kappa shape index (κ3) is 4.16. The van der Waals surface area contributed by atoms with E-state index in [0.29, 0.717) is 12.0 Å². The van der Waals surface area contributed by atoms with Crippen LogP contribution in [-0.4, -0.2) is 52.8 Å². The van der Waals surface area contributed by atoms with Gasteiger partial charge in [-0.25, -0.2) is 0 Å². The molecule has 3 rings (SSSR count). The SMILES string of the molecule is CC(OCC1CC1)C(=O)N1CCC(Nc2cccnn2)CC1. The van der Waals surface area contributed by atoms with E-state index in [1.165, 1.54) is 12.8 Å². The second-order valence-electron chi connectivity index (χ2n) is 6.27. The summed E-state index contributed by atoms with van der Waals surface area (Å²) in [6, 6.07) is 4.13. The fourth-order valence-corrected chi connectivity index (χ4v) is 2.73. The van der Waals surface area contributed by atoms with Crippen molar-refractivity contribution in [3.05, 3.63) is 18.3 Å². The number of likely N-dealkylation sites (tertiary alicyclic amines) is 1. The minimum atomic E-state index is -0.315. The molecule has 1 saturated carbocycles. The molecule has 0 aromatic carbocycles. The van der Waals surface area contributed by atoms with E-state index in [9.17, 15) is 4.79 Å². The van der Waals surface area contributed by atoms with Crippen molar-refractivity contribution in [3.8, 4) is 0 Å². The molecule has 2 aliphatic rings. The van der Waals surface area contributed by atoms with Crippen molar-refractivity contribution in [1.29, 1.82) is 0 Å². The van der Waals surface area contributed by atoms with Crippen molar-refractivity contribution < 1.29 is 9.53 Å². The number of ether oxygens (including phenoxy) is 1. The van der Waals surface area contributed by atoms with Crippen LogP contribution >= 0.6 is 0 Å². The van der Waals surface area contributed by atoms with Crippen LogP contribution in [0.5, 0.6) is 0 Å². The van der Waals surface area contributed by atoms with Crippen LogP contribution in [0, 0.1) is 5.92 Å². The molecule has 120 valence electrons. The Kier molecular flexibility index (Phi) is 4.87. The van der Waals surface area contributed by atoms with Crippen molar-refractivity contribution in [1.82, 2.24) is 15.1 Å². The van der Waals surface area contributed by atoms with E-state index in [4.69, 9.17) is 4.74 Å². The molecule has 1 atom stereocenters. The first-order valence-corrected chi connectivity index (χ1v) is 8.17. The summed E-state index contributed by atoms with van der Waals surface area (Å²) in [7, 11) is 0. The molecule has 1 amide bonds.